The zero-order chi connectivity index (χ0) is 26.2. The van der Waals surface area contributed by atoms with Crippen molar-refractivity contribution in [3.8, 4) is 17.5 Å². The Bertz CT molecular complexity index is 1700. The minimum absolute atomic E-state index is 0.0249. The number of hydrogen-bond donors (Lipinski definition) is 1. The van der Waals surface area contributed by atoms with Crippen LogP contribution < -0.4 is 5.32 Å². The molecular weight excluding hydrogens is 479 g/mol. The molecule has 5 aromatic rings. The first-order valence-electron chi connectivity index (χ1n) is 11.3. The number of rotatable bonds is 3. The number of benzene rings is 2. The van der Waals surface area contributed by atoms with Crippen LogP contribution in [0, 0.1) is 25.7 Å². The van der Waals surface area contributed by atoms with E-state index in [0.717, 1.165) is 17.3 Å². The second-order valence-corrected chi connectivity index (χ2v) is 8.46. The number of anilines is 1. The molecule has 37 heavy (non-hydrogen) atoms. The molecule has 6 nitrogen and oxygen atoms in total. The fourth-order valence-corrected chi connectivity index (χ4v) is 3.88. The summed E-state index contributed by atoms with van der Waals surface area (Å²) in [4.78, 5) is 21.2. The van der Waals surface area contributed by atoms with Gasteiger partial charge in [0.15, 0.2) is 0 Å². The number of carbonyl (C=O) groups is 1. The van der Waals surface area contributed by atoms with Crippen molar-refractivity contribution in [3.05, 3.63) is 113 Å². The van der Waals surface area contributed by atoms with Crippen LogP contribution in [-0.4, -0.2) is 24.8 Å². The summed E-state index contributed by atoms with van der Waals surface area (Å²) in [6.45, 7) is 3.56. The Morgan fingerprint density at radius 1 is 1.00 bits per heavy atom. The SMILES string of the molecule is Cc1cn(-c2ccc(NC(=O)c3ccc(C)c(C#Cc4cnc5ccccn45)c3)cc2C(F)(F)F)cn1. The number of fused-ring (bicyclic) bond motifs is 1. The zero-order valence-electron chi connectivity index (χ0n) is 19.8. The van der Waals surface area contributed by atoms with Crippen molar-refractivity contribution in [1.29, 1.82) is 0 Å². The van der Waals surface area contributed by atoms with Gasteiger partial charge in [0.1, 0.15) is 11.3 Å². The molecule has 0 aliphatic carbocycles. The lowest BCUT2D eigenvalue weighted by Gasteiger charge is -2.15. The van der Waals surface area contributed by atoms with Crippen LogP contribution in [0.3, 0.4) is 0 Å². The van der Waals surface area contributed by atoms with E-state index >= 15 is 0 Å². The molecule has 0 spiro atoms. The molecule has 3 aromatic heterocycles. The van der Waals surface area contributed by atoms with Gasteiger partial charge in [-0.3, -0.25) is 9.20 Å². The highest BCUT2D eigenvalue weighted by Gasteiger charge is 2.34. The molecule has 0 bridgehead atoms. The van der Waals surface area contributed by atoms with Gasteiger partial charge in [-0.25, -0.2) is 9.97 Å². The number of amides is 1. The van der Waals surface area contributed by atoms with E-state index in [4.69, 9.17) is 0 Å². The van der Waals surface area contributed by atoms with Gasteiger partial charge < -0.3 is 9.88 Å². The second-order valence-electron chi connectivity index (χ2n) is 8.46. The van der Waals surface area contributed by atoms with Crippen LogP contribution in [0.1, 0.15) is 38.4 Å². The largest absolute Gasteiger partial charge is 0.418 e. The Hall–Kier alpha value is -4.84. The van der Waals surface area contributed by atoms with Crippen LogP contribution in [0.4, 0.5) is 18.9 Å². The van der Waals surface area contributed by atoms with Gasteiger partial charge in [0, 0.05) is 29.2 Å². The van der Waals surface area contributed by atoms with Crippen LogP contribution in [0.2, 0.25) is 0 Å². The maximum Gasteiger partial charge on any atom is 0.418 e. The highest BCUT2D eigenvalue weighted by Crippen LogP contribution is 2.36. The first-order chi connectivity index (χ1) is 17.7. The molecule has 2 aromatic carbocycles. The lowest BCUT2D eigenvalue weighted by Crippen LogP contribution is -2.15. The Labute approximate surface area is 210 Å². The molecular formula is C28H20F3N5O. The third-order valence-corrected chi connectivity index (χ3v) is 5.79. The number of hydrogen-bond acceptors (Lipinski definition) is 3. The molecule has 9 heteroatoms. The number of nitrogens with one attached hydrogen (secondary N) is 1. The van der Waals surface area contributed by atoms with Crippen molar-refractivity contribution in [2.75, 3.05) is 5.32 Å². The van der Waals surface area contributed by atoms with Gasteiger partial charge in [0.05, 0.1) is 29.5 Å². The smallest absolute Gasteiger partial charge is 0.322 e. The highest BCUT2D eigenvalue weighted by atomic mass is 19.4. The van der Waals surface area contributed by atoms with Crippen LogP contribution in [-0.2, 0) is 6.18 Å². The molecule has 1 N–H and O–H groups in total. The standard InChI is InChI=1S/C28H20F3N5O/c1-18-6-7-21(13-20(18)8-10-23-15-32-26-5-3-4-12-36(23)26)27(37)34-22-9-11-25(24(14-22)28(29,30)31)35-16-19(2)33-17-35/h3-7,9,11-17H,1-2H3,(H,34,37). The summed E-state index contributed by atoms with van der Waals surface area (Å²) in [5.41, 5.74) is 2.87. The first kappa shape index (κ1) is 23.9. The van der Waals surface area contributed by atoms with Crippen LogP contribution >= 0.6 is 0 Å². The number of alkyl halides is 3. The summed E-state index contributed by atoms with van der Waals surface area (Å²) in [6.07, 6.45) is 1.72. The van der Waals surface area contributed by atoms with Crippen LogP contribution in [0.25, 0.3) is 11.3 Å². The molecule has 3 heterocycles. The molecule has 0 fully saturated rings. The third-order valence-electron chi connectivity index (χ3n) is 5.79. The number of aromatic nitrogens is 4. The van der Waals surface area contributed by atoms with Gasteiger partial charge >= 0.3 is 6.18 Å². The van der Waals surface area contributed by atoms with E-state index in [-0.39, 0.29) is 16.9 Å². The minimum Gasteiger partial charge on any atom is -0.322 e. The topological polar surface area (TPSA) is 64.2 Å². The van der Waals surface area contributed by atoms with Crippen LogP contribution in [0.15, 0.2) is 79.5 Å². The van der Waals surface area contributed by atoms with Gasteiger partial charge in [-0.1, -0.05) is 18.1 Å². The molecule has 0 atom stereocenters. The number of nitrogens with zero attached hydrogens (tertiary/aromatic N) is 4. The van der Waals surface area contributed by atoms with E-state index in [2.05, 4.69) is 27.1 Å². The summed E-state index contributed by atoms with van der Waals surface area (Å²) in [5, 5.41) is 2.57. The molecule has 0 aliphatic rings. The van der Waals surface area contributed by atoms with Gasteiger partial charge in [-0.15, -0.1) is 0 Å². The average Bonchev–Trinajstić information content (AvgIpc) is 3.49. The number of aryl methyl sites for hydroxylation is 2. The number of carbonyl (C=O) groups excluding carboxylic acids is 1. The lowest BCUT2D eigenvalue weighted by atomic mass is 10.0. The molecule has 0 saturated carbocycles. The average molecular weight is 499 g/mol. The fourth-order valence-electron chi connectivity index (χ4n) is 3.88. The first-order valence-corrected chi connectivity index (χ1v) is 11.3. The lowest BCUT2D eigenvalue weighted by molar-refractivity contribution is -0.137. The number of pyridine rings is 1. The van der Waals surface area contributed by atoms with E-state index in [1.807, 2.05) is 35.7 Å². The number of imidazole rings is 2. The Morgan fingerprint density at radius 3 is 2.59 bits per heavy atom. The van der Waals surface area contributed by atoms with Crippen LogP contribution in [0.5, 0.6) is 0 Å². The maximum absolute atomic E-state index is 13.8. The van der Waals surface area contributed by atoms with Crippen molar-refractivity contribution in [2.45, 2.75) is 20.0 Å². The van der Waals surface area contributed by atoms with E-state index in [9.17, 15) is 18.0 Å². The molecule has 5 rings (SSSR count). The monoisotopic (exact) mass is 499 g/mol. The molecule has 0 saturated heterocycles. The van der Waals surface area contributed by atoms with Gasteiger partial charge in [0.2, 0.25) is 0 Å². The van der Waals surface area contributed by atoms with Crippen molar-refractivity contribution < 1.29 is 18.0 Å². The van der Waals surface area contributed by atoms with Crippen molar-refractivity contribution >= 4 is 17.2 Å². The van der Waals surface area contributed by atoms with E-state index in [1.165, 1.54) is 29.2 Å². The Kier molecular flexibility index (Phi) is 6.01. The van der Waals surface area contributed by atoms with Gasteiger partial charge in [-0.2, -0.15) is 13.2 Å². The summed E-state index contributed by atoms with van der Waals surface area (Å²) < 4.78 is 44.6. The van der Waals surface area contributed by atoms with Crippen molar-refractivity contribution in [1.82, 2.24) is 18.9 Å². The Morgan fingerprint density at radius 2 is 1.84 bits per heavy atom. The summed E-state index contributed by atoms with van der Waals surface area (Å²) in [7, 11) is 0. The third kappa shape index (κ3) is 4.95. The summed E-state index contributed by atoms with van der Waals surface area (Å²) in [6, 6.07) is 14.3. The fraction of sp³-hybridized carbons (Fsp3) is 0.107. The minimum atomic E-state index is -4.63. The Balaban J connectivity index is 1.42. The van der Waals surface area contributed by atoms with E-state index < -0.39 is 17.6 Å². The van der Waals surface area contributed by atoms with Crippen molar-refractivity contribution in [3.63, 3.8) is 0 Å². The van der Waals surface area contributed by atoms with Gasteiger partial charge in [0.25, 0.3) is 5.91 Å². The van der Waals surface area contributed by atoms with Crippen molar-refractivity contribution in [2.24, 2.45) is 0 Å². The zero-order valence-corrected chi connectivity index (χ0v) is 19.8. The molecule has 0 unspecified atom stereocenters. The van der Waals surface area contributed by atoms with E-state index in [0.29, 0.717) is 17.0 Å². The molecule has 1 amide bonds. The maximum atomic E-state index is 13.8. The highest BCUT2D eigenvalue weighted by molar-refractivity contribution is 6.04. The molecule has 184 valence electrons. The second kappa shape index (κ2) is 9.32. The van der Waals surface area contributed by atoms with E-state index in [1.54, 1.807) is 31.3 Å². The quantitative estimate of drug-likeness (QED) is 0.319. The molecule has 0 aliphatic heterocycles. The summed E-state index contributed by atoms with van der Waals surface area (Å²) >= 11 is 0. The summed E-state index contributed by atoms with van der Waals surface area (Å²) in [5.74, 6) is 5.61. The van der Waals surface area contributed by atoms with Gasteiger partial charge in [-0.05, 0) is 67.8 Å². The molecule has 0 radical (unpaired) electrons. The normalized spacial score (nSPS) is 11.3. The predicted molar refractivity (Wildman–Crippen MR) is 134 cm³/mol. The number of halogens is 3. The predicted octanol–water partition coefficient (Wildman–Crippen LogP) is 5.81.